The van der Waals surface area contributed by atoms with Crippen molar-refractivity contribution in [2.24, 2.45) is 0 Å². The van der Waals surface area contributed by atoms with E-state index in [2.05, 4.69) is 20.0 Å². The number of pyridine rings is 1. The van der Waals surface area contributed by atoms with E-state index in [0.717, 1.165) is 48.7 Å². The van der Waals surface area contributed by atoms with Gasteiger partial charge >= 0.3 is 0 Å². The molecule has 7 nitrogen and oxygen atoms in total. The number of piperidine rings is 1. The van der Waals surface area contributed by atoms with Crippen LogP contribution in [0.4, 0.5) is 5.82 Å². The van der Waals surface area contributed by atoms with E-state index >= 15 is 0 Å². The number of aliphatic hydroxyl groups is 1. The average Bonchev–Trinajstić information content (AvgIpc) is 3.16. The van der Waals surface area contributed by atoms with Crippen LogP contribution < -0.4 is 10.6 Å². The lowest BCUT2D eigenvalue weighted by atomic mass is 9.98. The van der Waals surface area contributed by atoms with Crippen molar-refractivity contribution in [1.82, 2.24) is 19.7 Å². The van der Waals surface area contributed by atoms with Crippen LogP contribution in [0.5, 0.6) is 0 Å². The van der Waals surface area contributed by atoms with Gasteiger partial charge in [0.15, 0.2) is 0 Å². The highest BCUT2D eigenvalue weighted by molar-refractivity contribution is 7.09. The number of hydrogen-bond donors (Lipinski definition) is 3. The third-order valence-electron chi connectivity index (χ3n) is 4.89. The monoisotopic (exact) mass is 395 g/mol. The maximum absolute atomic E-state index is 10.1. The molecule has 3 N–H and O–H groups in total. The predicted molar refractivity (Wildman–Crippen MR) is 102 cm³/mol. The van der Waals surface area contributed by atoms with Gasteiger partial charge in [-0.3, -0.25) is 0 Å². The van der Waals surface area contributed by atoms with Crippen LogP contribution in [0.3, 0.4) is 0 Å². The van der Waals surface area contributed by atoms with Gasteiger partial charge in [-0.1, -0.05) is 11.6 Å². The Kier molecular flexibility index (Phi) is 5.66. The van der Waals surface area contributed by atoms with Crippen molar-refractivity contribution in [3.63, 3.8) is 0 Å². The molecule has 0 spiro atoms. The van der Waals surface area contributed by atoms with Gasteiger partial charge in [0.2, 0.25) is 0 Å². The molecule has 2 atom stereocenters. The highest BCUT2D eigenvalue weighted by Crippen LogP contribution is 2.33. The van der Waals surface area contributed by atoms with Crippen molar-refractivity contribution in [3.05, 3.63) is 23.1 Å². The first-order valence-electron chi connectivity index (χ1n) is 8.93. The van der Waals surface area contributed by atoms with Gasteiger partial charge in [0.1, 0.15) is 16.6 Å². The van der Waals surface area contributed by atoms with Gasteiger partial charge in [-0.05, 0) is 50.0 Å². The molecule has 0 radical (unpaired) electrons. The Morgan fingerprint density at radius 1 is 1.31 bits per heavy atom. The molecule has 0 saturated carbocycles. The Bertz CT molecular complexity index is 753. The number of nitrogens with one attached hydrogen (secondary N) is 2. The quantitative estimate of drug-likeness (QED) is 0.731. The average molecular weight is 396 g/mol. The lowest BCUT2D eigenvalue weighted by Gasteiger charge is -2.28. The topological polar surface area (TPSA) is 92.2 Å². The summed E-state index contributed by atoms with van der Waals surface area (Å²) in [6.07, 6.45) is 3.94. The van der Waals surface area contributed by atoms with Gasteiger partial charge in [0.25, 0.3) is 0 Å². The van der Waals surface area contributed by atoms with E-state index in [1.807, 2.05) is 6.07 Å². The van der Waals surface area contributed by atoms with Crippen molar-refractivity contribution >= 4 is 29.0 Å². The Hall–Kier alpha value is -1.32. The maximum atomic E-state index is 10.1. The summed E-state index contributed by atoms with van der Waals surface area (Å²) in [7, 11) is 0. The van der Waals surface area contributed by atoms with Gasteiger partial charge in [-0.25, -0.2) is 9.97 Å². The molecule has 4 rings (SSSR count). The standard InChI is InChI=1S/C17H22ClN5O2S/c18-12-8-20-15(21-13-3-6-25-9-14(13)24)7-11(12)17-22-16(23-26-17)10-1-4-19-5-2-10/h7-8,10,13-14,19,24H,1-6,9H2,(H,20,21)/t13-,14-/m1/s1. The zero-order valence-corrected chi connectivity index (χ0v) is 15.9. The summed E-state index contributed by atoms with van der Waals surface area (Å²) in [5.74, 6) is 2.00. The van der Waals surface area contributed by atoms with Gasteiger partial charge in [0.05, 0.1) is 23.8 Å². The van der Waals surface area contributed by atoms with Crippen molar-refractivity contribution in [2.45, 2.75) is 37.3 Å². The van der Waals surface area contributed by atoms with Crippen molar-refractivity contribution in [3.8, 4) is 10.6 Å². The molecule has 9 heteroatoms. The summed E-state index contributed by atoms with van der Waals surface area (Å²) in [4.78, 5) is 9.08. The lowest BCUT2D eigenvalue weighted by molar-refractivity contribution is -0.0135. The van der Waals surface area contributed by atoms with Crippen LogP contribution in [-0.4, -0.2) is 57.9 Å². The molecule has 2 aromatic rings. The minimum absolute atomic E-state index is 0.0787. The normalized spacial score (nSPS) is 24.5. The summed E-state index contributed by atoms with van der Waals surface area (Å²) >= 11 is 7.74. The number of rotatable bonds is 4. The number of anilines is 1. The minimum atomic E-state index is -0.544. The van der Waals surface area contributed by atoms with Crippen LogP contribution in [0.15, 0.2) is 12.3 Å². The van der Waals surface area contributed by atoms with Crippen LogP contribution in [0.1, 0.15) is 31.0 Å². The number of aromatic nitrogens is 3. The summed E-state index contributed by atoms with van der Waals surface area (Å²) < 4.78 is 9.83. The summed E-state index contributed by atoms with van der Waals surface area (Å²) in [5.41, 5.74) is 0.823. The summed E-state index contributed by atoms with van der Waals surface area (Å²) in [5, 5.41) is 18.1. The van der Waals surface area contributed by atoms with E-state index in [1.165, 1.54) is 11.5 Å². The Labute approximate surface area is 161 Å². The van der Waals surface area contributed by atoms with E-state index < -0.39 is 6.10 Å². The number of ether oxygens (including phenoxy) is 1. The molecule has 140 valence electrons. The Morgan fingerprint density at radius 3 is 2.96 bits per heavy atom. The number of hydrogen-bond acceptors (Lipinski definition) is 8. The van der Waals surface area contributed by atoms with E-state index in [4.69, 9.17) is 21.3 Å². The van der Waals surface area contributed by atoms with Crippen molar-refractivity contribution < 1.29 is 9.84 Å². The molecule has 2 aliphatic heterocycles. The number of aliphatic hydroxyl groups excluding tert-OH is 1. The van der Waals surface area contributed by atoms with Gasteiger partial charge < -0.3 is 20.5 Å². The second kappa shape index (κ2) is 8.14. The fourth-order valence-corrected chi connectivity index (χ4v) is 4.37. The molecule has 2 aromatic heterocycles. The molecule has 4 heterocycles. The van der Waals surface area contributed by atoms with Crippen molar-refractivity contribution in [1.29, 1.82) is 0 Å². The minimum Gasteiger partial charge on any atom is -0.389 e. The second-order valence-electron chi connectivity index (χ2n) is 6.71. The third kappa shape index (κ3) is 3.99. The highest BCUT2D eigenvalue weighted by Gasteiger charge is 2.25. The van der Waals surface area contributed by atoms with E-state index in [1.54, 1.807) is 6.20 Å². The Balaban J connectivity index is 1.53. The molecule has 26 heavy (non-hydrogen) atoms. The molecule has 0 unspecified atom stereocenters. The van der Waals surface area contributed by atoms with Crippen molar-refractivity contribution in [2.75, 3.05) is 31.6 Å². The fourth-order valence-electron chi connectivity index (χ4n) is 3.35. The molecule has 2 aliphatic rings. The summed E-state index contributed by atoms with van der Waals surface area (Å²) in [6.45, 7) is 2.99. The molecular weight excluding hydrogens is 374 g/mol. The second-order valence-corrected chi connectivity index (χ2v) is 7.87. The molecule has 2 fully saturated rings. The van der Waals surface area contributed by atoms with Gasteiger partial charge in [-0.2, -0.15) is 4.37 Å². The zero-order valence-electron chi connectivity index (χ0n) is 14.3. The fraction of sp³-hybridized carbons (Fsp3) is 0.588. The molecule has 0 aromatic carbocycles. The highest BCUT2D eigenvalue weighted by atomic mass is 35.5. The SMILES string of the molecule is O[C@@H]1COCC[C@H]1Nc1cc(-c2nc(C3CCNCC3)ns2)c(Cl)cn1. The first-order chi connectivity index (χ1) is 12.7. The van der Waals surface area contributed by atoms with Crippen LogP contribution >= 0.6 is 23.1 Å². The Morgan fingerprint density at radius 2 is 2.15 bits per heavy atom. The first kappa shape index (κ1) is 18.1. The van der Waals surface area contributed by atoms with Gasteiger partial charge in [-0.15, -0.1) is 0 Å². The molecule has 2 saturated heterocycles. The van der Waals surface area contributed by atoms with Crippen LogP contribution in [0, 0.1) is 0 Å². The molecule has 0 amide bonds. The first-order valence-corrected chi connectivity index (χ1v) is 10.1. The number of halogens is 1. The molecular formula is C17H22ClN5O2S. The van der Waals surface area contributed by atoms with Crippen LogP contribution in [-0.2, 0) is 4.74 Å². The van der Waals surface area contributed by atoms with Gasteiger partial charge in [0, 0.05) is 24.3 Å². The van der Waals surface area contributed by atoms with Crippen LogP contribution in [0.2, 0.25) is 5.02 Å². The van der Waals surface area contributed by atoms with E-state index in [0.29, 0.717) is 30.0 Å². The van der Waals surface area contributed by atoms with E-state index in [9.17, 15) is 5.11 Å². The molecule has 0 bridgehead atoms. The van der Waals surface area contributed by atoms with Crippen LogP contribution in [0.25, 0.3) is 10.6 Å². The largest absolute Gasteiger partial charge is 0.389 e. The lowest BCUT2D eigenvalue weighted by Crippen LogP contribution is -2.42. The number of nitrogens with zero attached hydrogens (tertiary/aromatic N) is 3. The smallest absolute Gasteiger partial charge is 0.146 e. The van der Waals surface area contributed by atoms with E-state index in [-0.39, 0.29) is 6.04 Å². The third-order valence-corrected chi connectivity index (χ3v) is 5.96. The summed E-state index contributed by atoms with van der Waals surface area (Å²) in [6, 6.07) is 1.81. The molecule has 0 aliphatic carbocycles. The maximum Gasteiger partial charge on any atom is 0.146 e. The zero-order chi connectivity index (χ0) is 17.9. The predicted octanol–water partition coefficient (Wildman–Crippen LogP) is 2.28.